The first-order chi connectivity index (χ1) is 19.0. The highest BCUT2D eigenvalue weighted by atomic mass is 16.5. The van der Waals surface area contributed by atoms with Gasteiger partial charge in [-0.05, 0) is 95.2 Å². The van der Waals surface area contributed by atoms with Gasteiger partial charge in [0.1, 0.15) is 12.4 Å². The molecule has 0 bridgehead atoms. The molecule has 1 saturated carbocycles. The molecule has 1 saturated heterocycles. The van der Waals surface area contributed by atoms with Crippen molar-refractivity contribution in [2.45, 2.75) is 70.6 Å². The number of piperidine rings is 1. The Bertz CT molecular complexity index is 1250. The molecule has 1 N–H and O–H groups in total. The van der Waals surface area contributed by atoms with E-state index in [1.54, 1.807) is 0 Å². The molecule has 2 aliphatic rings. The van der Waals surface area contributed by atoms with Crippen LogP contribution in [-0.4, -0.2) is 59.9 Å². The third kappa shape index (κ3) is 7.00. The van der Waals surface area contributed by atoms with E-state index in [1.165, 1.54) is 32.1 Å². The average molecular weight is 531 g/mol. The summed E-state index contributed by atoms with van der Waals surface area (Å²) in [6.07, 6.45) is 9.01. The van der Waals surface area contributed by atoms with Crippen molar-refractivity contribution in [3.63, 3.8) is 0 Å². The molecule has 0 unspecified atom stereocenters. The number of fused-ring (bicyclic) bond motifs is 1. The van der Waals surface area contributed by atoms with Gasteiger partial charge in [-0.2, -0.15) is 0 Å². The van der Waals surface area contributed by atoms with Crippen LogP contribution in [0.2, 0.25) is 0 Å². The maximum atomic E-state index is 10.4. The minimum Gasteiger partial charge on any atom is -0.488 e. The summed E-state index contributed by atoms with van der Waals surface area (Å²) in [4.78, 5) is 8.16. The highest BCUT2D eigenvalue weighted by Gasteiger charge is 2.27. The first kappa shape index (κ1) is 27.6. The van der Waals surface area contributed by atoms with E-state index < -0.39 is 0 Å². The Kier molecular flexibility index (Phi) is 9.18. The molecule has 39 heavy (non-hydrogen) atoms. The summed E-state index contributed by atoms with van der Waals surface area (Å²) in [5.74, 6) is 1.98. The number of aromatic nitrogens is 1. The van der Waals surface area contributed by atoms with Gasteiger partial charge >= 0.3 is 0 Å². The summed E-state index contributed by atoms with van der Waals surface area (Å²) in [6.45, 7) is 11.6. The Morgan fingerprint density at radius 1 is 1.08 bits per heavy atom. The molecule has 1 aliphatic heterocycles. The second kappa shape index (κ2) is 13.0. The Labute approximate surface area is 232 Å². The van der Waals surface area contributed by atoms with Crippen molar-refractivity contribution in [3.8, 4) is 5.75 Å². The van der Waals surface area contributed by atoms with Crippen molar-refractivity contribution in [2.75, 3.05) is 33.7 Å². The maximum Gasteiger partial charge on any atom is 0.187 e. The van der Waals surface area contributed by atoms with Gasteiger partial charge in [0, 0.05) is 18.5 Å². The van der Waals surface area contributed by atoms with Gasteiger partial charge in [-0.1, -0.05) is 42.3 Å². The largest absolute Gasteiger partial charge is 0.488 e. The summed E-state index contributed by atoms with van der Waals surface area (Å²) < 4.78 is 12.2. The standard InChI is InChI=1S/C32H42N4O3/c1-33-26-11-8-24(9-12-26)22-38-31-15-13-27-29(34-39-32(27)28(31)21-35(2)3)14-10-23-16-18-36(19-17-23)20-25-6-4-5-7-30(25)37/h8-9,11-13,15,23,25,30,37H,4-7,10,14,16-22H2,2-3H3/t25-,30-/m1/s1. The molecule has 0 radical (unpaired) electrons. The first-order valence-corrected chi connectivity index (χ1v) is 14.5. The Balaban J connectivity index is 1.19. The quantitative estimate of drug-likeness (QED) is 0.314. The van der Waals surface area contributed by atoms with Crippen LogP contribution < -0.4 is 4.74 Å². The molecular formula is C32H42N4O3. The number of hydrogen-bond acceptors (Lipinski definition) is 6. The molecule has 1 aromatic heterocycles. The minimum absolute atomic E-state index is 0.0998. The number of hydrogen-bond donors (Lipinski definition) is 1. The summed E-state index contributed by atoms with van der Waals surface area (Å²) in [5, 5.41) is 15.9. The lowest BCUT2D eigenvalue weighted by Gasteiger charge is -2.37. The number of aliphatic hydroxyl groups excluding tert-OH is 1. The van der Waals surface area contributed by atoms with Crippen LogP contribution in [0.25, 0.3) is 15.8 Å². The van der Waals surface area contributed by atoms with Gasteiger partial charge in [-0.25, -0.2) is 4.85 Å². The van der Waals surface area contributed by atoms with Crippen molar-refractivity contribution < 1.29 is 14.4 Å². The van der Waals surface area contributed by atoms with E-state index in [2.05, 4.69) is 25.9 Å². The summed E-state index contributed by atoms with van der Waals surface area (Å²) in [5.41, 5.74) is 4.54. The van der Waals surface area contributed by atoms with Crippen molar-refractivity contribution in [3.05, 3.63) is 64.6 Å². The van der Waals surface area contributed by atoms with Gasteiger partial charge < -0.3 is 24.2 Å². The van der Waals surface area contributed by atoms with Crippen LogP contribution in [0.1, 0.15) is 61.8 Å². The molecule has 3 aromatic rings. The lowest BCUT2D eigenvalue weighted by molar-refractivity contribution is 0.0380. The van der Waals surface area contributed by atoms with Crippen LogP contribution in [0.4, 0.5) is 5.69 Å². The van der Waals surface area contributed by atoms with Gasteiger partial charge in [-0.15, -0.1) is 0 Å². The number of aryl methyl sites for hydroxylation is 1. The number of rotatable bonds is 10. The predicted octanol–water partition coefficient (Wildman–Crippen LogP) is 6.21. The molecule has 208 valence electrons. The summed E-state index contributed by atoms with van der Waals surface area (Å²) >= 11 is 0. The zero-order valence-electron chi connectivity index (χ0n) is 23.4. The van der Waals surface area contributed by atoms with E-state index in [-0.39, 0.29) is 6.10 Å². The topological polar surface area (TPSA) is 66.3 Å². The molecule has 7 heteroatoms. The highest BCUT2D eigenvalue weighted by molar-refractivity contribution is 5.84. The molecule has 2 aromatic carbocycles. The SMILES string of the molecule is [C-]#[N+]c1ccc(COc2ccc3c(CCC4CCN(C[C@H]5CCCC[C@H]5O)CC4)noc3c2CN(C)C)cc1. The summed E-state index contributed by atoms with van der Waals surface area (Å²) in [7, 11) is 4.09. The van der Waals surface area contributed by atoms with Gasteiger partial charge in [0.25, 0.3) is 0 Å². The second-order valence-corrected chi connectivity index (χ2v) is 11.7. The molecular weight excluding hydrogens is 488 g/mol. The zero-order valence-corrected chi connectivity index (χ0v) is 23.4. The molecule has 2 fully saturated rings. The smallest absolute Gasteiger partial charge is 0.187 e. The Morgan fingerprint density at radius 3 is 2.56 bits per heavy atom. The minimum atomic E-state index is -0.0998. The molecule has 7 nitrogen and oxygen atoms in total. The van der Waals surface area contributed by atoms with Crippen molar-refractivity contribution in [1.82, 2.24) is 15.0 Å². The van der Waals surface area contributed by atoms with E-state index >= 15 is 0 Å². The molecule has 5 rings (SSSR count). The lowest BCUT2D eigenvalue weighted by atomic mass is 9.85. The monoisotopic (exact) mass is 530 g/mol. The fraction of sp³-hybridized carbons (Fsp3) is 0.562. The van der Waals surface area contributed by atoms with Crippen molar-refractivity contribution in [2.24, 2.45) is 11.8 Å². The fourth-order valence-electron chi connectivity index (χ4n) is 6.23. The van der Waals surface area contributed by atoms with Crippen LogP contribution in [0.15, 0.2) is 40.9 Å². The zero-order chi connectivity index (χ0) is 27.2. The number of ether oxygens (including phenoxy) is 1. The van der Waals surface area contributed by atoms with Crippen LogP contribution in [0, 0.1) is 18.4 Å². The summed E-state index contributed by atoms with van der Waals surface area (Å²) in [6, 6.07) is 11.7. The van der Waals surface area contributed by atoms with E-state index in [0.717, 1.165) is 72.4 Å². The number of benzene rings is 2. The lowest BCUT2D eigenvalue weighted by Crippen LogP contribution is -2.41. The second-order valence-electron chi connectivity index (χ2n) is 11.7. The Morgan fingerprint density at radius 2 is 1.85 bits per heavy atom. The van der Waals surface area contributed by atoms with Crippen LogP contribution >= 0.6 is 0 Å². The normalized spacial score (nSPS) is 20.9. The van der Waals surface area contributed by atoms with Gasteiger partial charge in [0.15, 0.2) is 11.3 Å². The number of nitrogens with zero attached hydrogens (tertiary/aromatic N) is 4. The third-order valence-corrected chi connectivity index (χ3v) is 8.57. The van der Waals surface area contributed by atoms with E-state index in [4.69, 9.17) is 15.8 Å². The van der Waals surface area contributed by atoms with Crippen molar-refractivity contribution in [1.29, 1.82) is 0 Å². The molecule has 2 heterocycles. The van der Waals surface area contributed by atoms with E-state index in [9.17, 15) is 5.11 Å². The molecule has 2 atom stereocenters. The Hall–Kier alpha value is -2.92. The first-order valence-electron chi connectivity index (χ1n) is 14.5. The van der Waals surface area contributed by atoms with Crippen LogP contribution in [0.3, 0.4) is 0 Å². The van der Waals surface area contributed by atoms with Crippen molar-refractivity contribution >= 4 is 16.7 Å². The van der Waals surface area contributed by atoms with Crippen LogP contribution in [0.5, 0.6) is 5.75 Å². The number of aliphatic hydroxyl groups is 1. The van der Waals surface area contributed by atoms with Gasteiger partial charge in [0.2, 0.25) is 0 Å². The van der Waals surface area contributed by atoms with Crippen LogP contribution in [-0.2, 0) is 19.6 Å². The highest BCUT2D eigenvalue weighted by Crippen LogP contribution is 2.33. The third-order valence-electron chi connectivity index (χ3n) is 8.57. The molecule has 0 amide bonds. The fourth-order valence-corrected chi connectivity index (χ4v) is 6.23. The molecule has 0 spiro atoms. The maximum absolute atomic E-state index is 10.4. The van der Waals surface area contributed by atoms with Gasteiger partial charge in [0.05, 0.1) is 23.9 Å². The predicted molar refractivity (Wildman–Crippen MR) is 154 cm³/mol. The average Bonchev–Trinajstić information content (AvgIpc) is 3.37. The molecule has 1 aliphatic carbocycles. The van der Waals surface area contributed by atoms with E-state index in [0.29, 0.717) is 30.7 Å². The van der Waals surface area contributed by atoms with Gasteiger partial charge in [-0.3, -0.25) is 0 Å². The van der Waals surface area contributed by atoms with E-state index in [1.807, 2.05) is 44.4 Å². The number of likely N-dealkylation sites (tertiary alicyclic amines) is 1.